The van der Waals surface area contributed by atoms with E-state index in [4.69, 9.17) is 4.74 Å². The zero-order chi connectivity index (χ0) is 14.4. The molecule has 0 radical (unpaired) electrons. The van der Waals surface area contributed by atoms with Gasteiger partial charge in [-0.2, -0.15) is 11.3 Å². The molecule has 108 valence electrons. The highest BCUT2D eigenvalue weighted by molar-refractivity contribution is 7.07. The smallest absolute Gasteiger partial charge is 0.204 e. The number of aromatic nitrogens is 2. The summed E-state index contributed by atoms with van der Waals surface area (Å²) in [6.45, 7) is 4.94. The van der Waals surface area contributed by atoms with Crippen LogP contribution >= 0.6 is 11.3 Å². The second-order valence-electron chi connectivity index (χ2n) is 4.52. The summed E-state index contributed by atoms with van der Waals surface area (Å²) < 4.78 is 5.42. The topological polar surface area (TPSA) is 59.1 Å². The third-order valence-corrected chi connectivity index (χ3v) is 3.59. The molecule has 2 rings (SSSR count). The van der Waals surface area contributed by atoms with E-state index in [0.717, 1.165) is 24.6 Å². The molecule has 2 aromatic rings. The van der Waals surface area contributed by atoms with Crippen molar-refractivity contribution in [1.29, 1.82) is 0 Å². The van der Waals surface area contributed by atoms with Crippen LogP contribution in [0, 0.1) is 0 Å². The van der Waals surface area contributed by atoms with Crippen LogP contribution in [0.25, 0.3) is 0 Å². The Balaban J connectivity index is 2.09. The van der Waals surface area contributed by atoms with Gasteiger partial charge < -0.3 is 15.4 Å². The summed E-state index contributed by atoms with van der Waals surface area (Å²) in [4.78, 5) is 8.47. The Morgan fingerprint density at radius 2 is 2.15 bits per heavy atom. The van der Waals surface area contributed by atoms with E-state index in [1.165, 1.54) is 5.56 Å². The van der Waals surface area contributed by atoms with Crippen LogP contribution < -0.4 is 15.4 Å². The number of rotatable bonds is 7. The van der Waals surface area contributed by atoms with E-state index in [1.54, 1.807) is 24.8 Å². The summed E-state index contributed by atoms with van der Waals surface area (Å²) in [7, 11) is 1.63. The van der Waals surface area contributed by atoms with Crippen molar-refractivity contribution < 1.29 is 4.74 Å². The molecule has 0 saturated carbocycles. The van der Waals surface area contributed by atoms with Crippen molar-refractivity contribution in [3.8, 4) is 5.75 Å². The molecule has 5 nitrogen and oxygen atoms in total. The minimum atomic E-state index is 0.267. The van der Waals surface area contributed by atoms with Gasteiger partial charge in [0.15, 0.2) is 11.6 Å². The average Bonchev–Trinajstić information content (AvgIpc) is 2.92. The molecular formula is C14H20N4OS. The van der Waals surface area contributed by atoms with Gasteiger partial charge in [0.1, 0.15) is 6.33 Å². The highest BCUT2D eigenvalue weighted by Gasteiger charge is 2.14. The molecule has 2 N–H and O–H groups in total. The van der Waals surface area contributed by atoms with E-state index >= 15 is 0 Å². The maximum absolute atomic E-state index is 5.42. The molecule has 0 aliphatic heterocycles. The first kappa shape index (κ1) is 14.6. The van der Waals surface area contributed by atoms with Crippen molar-refractivity contribution in [3.63, 3.8) is 0 Å². The van der Waals surface area contributed by atoms with Gasteiger partial charge in [0.25, 0.3) is 0 Å². The van der Waals surface area contributed by atoms with Crippen LogP contribution in [-0.2, 0) is 6.42 Å². The molecule has 6 heteroatoms. The molecule has 0 bridgehead atoms. The van der Waals surface area contributed by atoms with Crippen molar-refractivity contribution in [3.05, 3.63) is 28.7 Å². The predicted molar refractivity (Wildman–Crippen MR) is 83.9 cm³/mol. The van der Waals surface area contributed by atoms with E-state index in [-0.39, 0.29) is 6.04 Å². The molecule has 0 fully saturated rings. The molecule has 2 heterocycles. The Labute approximate surface area is 123 Å². The lowest BCUT2D eigenvalue weighted by molar-refractivity contribution is 0.414. The van der Waals surface area contributed by atoms with Crippen LogP contribution in [0.4, 0.5) is 11.6 Å². The zero-order valence-electron chi connectivity index (χ0n) is 12.0. The fourth-order valence-electron chi connectivity index (χ4n) is 2.01. The van der Waals surface area contributed by atoms with Crippen molar-refractivity contribution in [2.24, 2.45) is 0 Å². The maximum atomic E-state index is 5.42. The minimum absolute atomic E-state index is 0.267. The van der Waals surface area contributed by atoms with Gasteiger partial charge in [-0.3, -0.25) is 0 Å². The highest BCUT2D eigenvalue weighted by atomic mass is 32.1. The van der Waals surface area contributed by atoms with Gasteiger partial charge in [0, 0.05) is 12.6 Å². The van der Waals surface area contributed by atoms with Crippen molar-refractivity contribution in [2.45, 2.75) is 26.3 Å². The number of hydrogen-bond donors (Lipinski definition) is 2. The Kier molecular flexibility index (Phi) is 5.17. The van der Waals surface area contributed by atoms with Gasteiger partial charge in [-0.05, 0) is 42.7 Å². The molecule has 1 atom stereocenters. The number of methoxy groups -OCH3 is 1. The normalized spacial score (nSPS) is 11.9. The van der Waals surface area contributed by atoms with E-state index in [2.05, 4.69) is 44.4 Å². The molecule has 0 spiro atoms. The van der Waals surface area contributed by atoms with Gasteiger partial charge in [0.2, 0.25) is 5.75 Å². The summed E-state index contributed by atoms with van der Waals surface area (Å²) >= 11 is 1.72. The lowest BCUT2D eigenvalue weighted by Crippen LogP contribution is -2.19. The standard InChI is InChI=1S/C14H20N4OS/c1-4-15-13-12(19-3)14(17-9-16-13)18-10(2)7-11-5-6-20-8-11/h5-6,8-10H,4,7H2,1-3H3,(H2,15,16,17,18). The maximum Gasteiger partial charge on any atom is 0.204 e. The Hall–Kier alpha value is -1.82. The van der Waals surface area contributed by atoms with Gasteiger partial charge in [-0.1, -0.05) is 0 Å². The summed E-state index contributed by atoms with van der Waals surface area (Å²) in [5.41, 5.74) is 1.33. The van der Waals surface area contributed by atoms with Gasteiger partial charge in [-0.15, -0.1) is 0 Å². The van der Waals surface area contributed by atoms with Crippen LogP contribution in [-0.4, -0.2) is 29.7 Å². The molecule has 2 aromatic heterocycles. The van der Waals surface area contributed by atoms with Crippen LogP contribution in [0.2, 0.25) is 0 Å². The van der Waals surface area contributed by atoms with E-state index in [1.807, 2.05) is 6.92 Å². The first-order valence-electron chi connectivity index (χ1n) is 6.65. The SMILES string of the molecule is CCNc1ncnc(NC(C)Cc2ccsc2)c1OC. The van der Waals surface area contributed by atoms with E-state index < -0.39 is 0 Å². The molecule has 0 saturated heterocycles. The molecule has 0 aliphatic rings. The number of nitrogens with zero attached hydrogens (tertiary/aromatic N) is 2. The lowest BCUT2D eigenvalue weighted by Gasteiger charge is -2.17. The Bertz CT molecular complexity index is 530. The number of anilines is 2. The average molecular weight is 292 g/mol. The fourth-order valence-corrected chi connectivity index (χ4v) is 2.69. The third kappa shape index (κ3) is 3.60. The second-order valence-corrected chi connectivity index (χ2v) is 5.30. The summed E-state index contributed by atoms with van der Waals surface area (Å²) in [5, 5.41) is 10.8. The highest BCUT2D eigenvalue weighted by Crippen LogP contribution is 2.29. The predicted octanol–water partition coefficient (Wildman–Crippen LogP) is 3.02. The van der Waals surface area contributed by atoms with Crippen molar-refractivity contribution in [1.82, 2.24) is 9.97 Å². The number of ether oxygens (including phenoxy) is 1. The molecule has 0 amide bonds. The third-order valence-electron chi connectivity index (χ3n) is 2.86. The zero-order valence-corrected chi connectivity index (χ0v) is 12.8. The van der Waals surface area contributed by atoms with Gasteiger partial charge in [0.05, 0.1) is 7.11 Å². The van der Waals surface area contributed by atoms with Crippen LogP contribution in [0.1, 0.15) is 19.4 Å². The largest absolute Gasteiger partial charge is 0.490 e. The fraction of sp³-hybridized carbons (Fsp3) is 0.429. The van der Waals surface area contributed by atoms with Crippen LogP contribution in [0.5, 0.6) is 5.75 Å². The Morgan fingerprint density at radius 1 is 1.35 bits per heavy atom. The van der Waals surface area contributed by atoms with Crippen molar-refractivity contribution >= 4 is 23.0 Å². The van der Waals surface area contributed by atoms with Gasteiger partial charge in [-0.25, -0.2) is 9.97 Å². The van der Waals surface area contributed by atoms with E-state index in [9.17, 15) is 0 Å². The second kappa shape index (κ2) is 7.09. The van der Waals surface area contributed by atoms with Crippen LogP contribution in [0.15, 0.2) is 23.2 Å². The molecule has 0 aromatic carbocycles. The van der Waals surface area contributed by atoms with E-state index in [0.29, 0.717) is 5.75 Å². The summed E-state index contributed by atoms with van der Waals surface area (Å²) in [6.07, 6.45) is 2.49. The Morgan fingerprint density at radius 3 is 2.80 bits per heavy atom. The van der Waals surface area contributed by atoms with Crippen LogP contribution in [0.3, 0.4) is 0 Å². The number of hydrogen-bond acceptors (Lipinski definition) is 6. The van der Waals surface area contributed by atoms with Gasteiger partial charge >= 0.3 is 0 Å². The summed E-state index contributed by atoms with van der Waals surface area (Å²) in [6, 6.07) is 2.41. The molecule has 20 heavy (non-hydrogen) atoms. The first-order valence-corrected chi connectivity index (χ1v) is 7.59. The minimum Gasteiger partial charge on any atom is -0.490 e. The first-order chi connectivity index (χ1) is 9.74. The quantitative estimate of drug-likeness (QED) is 0.821. The number of thiophene rings is 1. The van der Waals surface area contributed by atoms with Crippen molar-refractivity contribution in [2.75, 3.05) is 24.3 Å². The molecule has 0 aliphatic carbocycles. The molecular weight excluding hydrogens is 272 g/mol. The lowest BCUT2D eigenvalue weighted by atomic mass is 10.1. The summed E-state index contributed by atoms with van der Waals surface area (Å²) in [5.74, 6) is 2.10. The monoisotopic (exact) mass is 292 g/mol. The number of nitrogens with one attached hydrogen (secondary N) is 2. The molecule has 1 unspecified atom stereocenters.